The molecular weight excluding hydrogens is 233 g/mol. The van der Waals surface area contributed by atoms with E-state index >= 15 is 0 Å². The van der Waals surface area contributed by atoms with Gasteiger partial charge in [-0.2, -0.15) is 13.2 Å². The number of halogens is 3. The van der Waals surface area contributed by atoms with Gasteiger partial charge >= 0.3 is 6.18 Å². The van der Waals surface area contributed by atoms with Gasteiger partial charge in [-0.05, 0) is 24.6 Å². The number of alkyl halides is 3. The van der Waals surface area contributed by atoms with Crippen molar-refractivity contribution < 1.29 is 17.9 Å². The maximum atomic E-state index is 12.4. The van der Waals surface area contributed by atoms with Gasteiger partial charge in [0.25, 0.3) is 0 Å². The third kappa shape index (κ3) is 4.76. The van der Waals surface area contributed by atoms with Crippen LogP contribution in [0.25, 0.3) is 0 Å². The number of hydrogen-bond acceptors (Lipinski definition) is 2. The highest BCUT2D eigenvalue weighted by atomic mass is 19.4. The van der Waals surface area contributed by atoms with E-state index in [4.69, 9.17) is 15.9 Å². The average molecular weight is 246 g/mol. The van der Waals surface area contributed by atoms with Crippen LogP contribution in [0.15, 0.2) is 24.3 Å². The zero-order valence-corrected chi connectivity index (χ0v) is 9.05. The molecule has 1 aromatic rings. The van der Waals surface area contributed by atoms with Gasteiger partial charge in [-0.3, -0.25) is 5.41 Å². The molecule has 1 rings (SSSR count). The lowest BCUT2D eigenvalue weighted by Crippen LogP contribution is -2.11. The standard InChI is InChI=1S/C11H13F3N2O/c12-11(13,14)8-3-1-4-9(7-8)17-6-2-5-10(15)16/h1,3-4,7H,2,5-6H2,(H3,15,16). The van der Waals surface area contributed by atoms with Crippen molar-refractivity contribution in [1.82, 2.24) is 0 Å². The molecule has 0 saturated heterocycles. The lowest BCUT2D eigenvalue weighted by atomic mass is 10.2. The Morgan fingerprint density at radius 3 is 2.65 bits per heavy atom. The lowest BCUT2D eigenvalue weighted by Gasteiger charge is -2.09. The number of hydrogen-bond donors (Lipinski definition) is 2. The monoisotopic (exact) mass is 246 g/mol. The minimum atomic E-state index is -4.36. The molecular formula is C11H13F3N2O. The van der Waals surface area contributed by atoms with Crippen molar-refractivity contribution in [2.24, 2.45) is 5.73 Å². The van der Waals surface area contributed by atoms with Gasteiger partial charge in [0.2, 0.25) is 0 Å². The Kier molecular flexibility index (Phi) is 4.37. The highest BCUT2D eigenvalue weighted by molar-refractivity contribution is 5.76. The molecule has 6 heteroatoms. The molecule has 0 radical (unpaired) electrons. The van der Waals surface area contributed by atoms with Crippen molar-refractivity contribution in [3.05, 3.63) is 29.8 Å². The Morgan fingerprint density at radius 1 is 1.35 bits per heavy atom. The topological polar surface area (TPSA) is 59.1 Å². The van der Waals surface area contributed by atoms with E-state index in [-0.39, 0.29) is 18.2 Å². The van der Waals surface area contributed by atoms with E-state index < -0.39 is 11.7 Å². The molecule has 94 valence electrons. The third-order valence-corrected chi connectivity index (χ3v) is 2.02. The SMILES string of the molecule is N=C(N)CCCOc1cccc(C(F)(F)F)c1. The van der Waals surface area contributed by atoms with Crippen LogP contribution in [0.1, 0.15) is 18.4 Å². The van der Waals surface area contributed by atoms with E-state index in [9.17, 15) is 13.2 Å². The van der Waals surface area contributed by atoms with E-state index in [1.165, 1.54) is 12.1 Å². The van der Waals surface area contributed by atoms with Crippen LogP contribution in [0.2, 0.25) is 0 Å². The van der Waals surface area contributed by atoms with Gasteiger partial charge in [-0.25, -0.2) is 0 Å². The van der Waals surface area contributed by atoms with Crippen LogP contribution in [-0.2, 0) is 6.18 Å². The summed E-state index contributed by atoms with van der Waals surface area (Å²) in [6.07, 6.45) is -3.48. The van der Waals surface area contributed by atoms with Crippen LogP contribution < -0.4 is 10.5 Å². The van der Waals surface area contributed by atoms with E-state index in [0.717, 1.165) is 12.1 Å². The number of nitrogens with two attached hydrogens (primary N) is 1. The number of rotatable bonds is 5. The van der Waals surface area contributed by atoms with Crippen molar-refractivity contribution in [2.45, 2.75) is 19.0 Å². The second-order valence-electron chi connectivity index (χ2n) is 3.50. The average Bonchev–Trinajstić information content (AvgIpc) is 2.23. The first-order valence-electron chi connectivity index (χ1n) is 5.02. The van der Waals surface area contributed by atoms with Gasteiger partial charge in [-0.15, -0.1) is 0 Å². The minimum absolute atomic E-state index is 0.0395. The van der Waals surface area contributed by atoms with Gasteiger partial charge in [0.05, 0.1) is 18.0 Å². The summed E-state index contributed by atoms with van der Waals surface area (Å²) in [7, 11) is 0. The first kappa shape index (κ1) is 13.3. The second-order valence-corrected chi connectivity index (χ2v) is 3.50. The summed E-state index contributed by atoms with van der Waals surface area (Å²) < 4.78 is 42.2. The largest absolute Gasteiger partial charge is 0.494 e. The predicted molar refractivity (Wildman–Crippen MR) is 58.1 cm³/mol. The highest BCUT2D eigenvalue weighted by Crippen LogP contribution is 2.31. The molecule has 0 spiro atoms. The predicted octanol–water partition coefficient (Wildman–Crippen LogP) is 2.80. The number of ether oxygens (including phenoxy) is 1. The molecule has 3 nitrogen and oxygen atoms in total. The number of benzene rings is 1. The van der Waals surface area contributed by atoms with Crippen LogP contribution in [0.5, 0.6) is 5.75 Å². The quantitative estimate of drug-likeness (QED) is 0.477. The van der Waals surface area contributed by atoms with E-state index in [2.05, 4.69) is 0 Å². The Labute approximate surface area is 96.9 Å². The zero-order chi connectivity index (χ0) is 12.9. The van der Waals surface area contributed by atoms with Gasteiger partial charge < -0.3 is 10.5 Å². The molecule has 1 aromatic carbocycles. The molecule has 17 heavy (non-hydrogen) atoms. The van der Waals surface area contributed by atoms with Gasteiger partial charge in [0.15, 0.2) is 0 Å². The van der Waals surface area contributed by atoms with Crippen molar-refractivity contribution in [3.8, 4) is 5.75 Å². The van der Waals surface area contributed by atoms with Crippen molar-refractivity contribution in [2.75, 3.05) is 6.61 Å². The summed E-state index contributed by atoms with van der Waals surface area (Å²) in [6, 6.07) is 4.70. The molecule has 0 aliphatic carbocycles. The molecule has 0 aromatic heterocycles. The Balaban J connectivity index is 2.52. The fraction of sp³-hybridized carbons (Fsp3) is 0.364. The molecule has 0 heterocycles. The maximum absolute atomic E-state index is 12.4. The summed E-state index contributed by atoms with van der Waals surface area (Å²) in [5.74, 6) is 0.209. The molecule has 0 saturated carbocycles. The van der Waals surface area contributed by atoms with Crippen LogP contribution in [0.4, 0.5) is 13.2 Å². The van der Waals surface area contributed by atoms with Crippen molar-refractivity contribution in [1.29, 1.82) is 5.41 Å². The Hall–Kier alpha value is -1.72. The number of nitrogens with one attached hydrogen (secondary N) is 1. The van der Waals surface area contributed by atoms with Crippen LogP contribution >= 0.6 is 0 Å². The fourth-order valence-corrected chi connectivity index (χ4v) is 1.21. The van der Waals surface area contributed by atoms with Crippen LogP contribution in [0, 0.1) is 5.41 Å². The summed E-state index contributed by atoms with van der Waals surface area (Å²) >= 11 is 0. The number of amidine groups is 1. The first-order valence-corrected chi connectivity index (χ1v) is 5.02. The van der Waals surface area contributed by atoms with E-state index in [0.29, 0.717) is 12.8 Å². The molecule has 0 fully saturated rings. The summed E-state index contributed by atoms with van der Waals surface area (Å²) in [5.41, 5.74) is 4.40. The molecule has 0 aliphatic heterocycles. The normalized spacial score (nSPS) is 11.2. The minimum Gasteiger partial charge on any atom is -0.494 e. The van der Waals surface area contributed by atoms with E-state index in [1.807, 2.05) is 0 Å². The van der Waals surface area contributed by atoms with Crippen LogP contribution in [-0.4, -0.2) is 12.4 Å². The third-order valence-electron chi connectivity index (χ3n) is 2.02. The smallest absolute Gasteiger partial charge is 0.416 e. The lowest BCUT2D eigenvalue weighted by molar-refractivity contribution is -0.137. The van der Waals surface area contributed by atoms with Crippen molar-refractivity contribution >= 4 is 5.84 Å². The van der Waals surface area contributed by atoms with Gasteiger partial charge in [0.1, 0.15) is 5.75 Å². The second kappa shape index (κ2) is 5.56. The Bertz CT molecular complexity index is 391. The molecule has 0 amide bonds. The van der Waals surface area contributed by atoms with Gasteiger partial charge in [0, 0.05) is 6.42 Å². The summed E-state index contributed by atoms with van der Waals surface area (Å²) in [6.45, 7) is 0.237. The summed E-state index contributed by atoms with van der Waals surface area (Å²) in [4.78, 5) is 0. The first-order chi connectivity index (χ1) is 7.89. The molecule has 0 bridgehead atoms. The fourth-order valence-electron chi connectivity index (χ4n) is 1.21. The van der Waals surface area contributed by atoms with Crippen LogP contribution in [0.3, 0.4) is 0 Å². The maximum Gasteiger partial charge on any atom is 0.416 e. The molecule has 0 atom stereocenters. The summed E-state index contributed by atoms with van der Waals surface area (Å²) in [5, 5.41) is 6.97. The molecule has 0 unspecified atom stereocenters. The zero-order valence-electron chi connectivity index (χ0n) is 9.05. The molecule has 3 N–H and O–H groups in total. The molecule has 0 aliphatic rings. The van der Waals surface area contributed by atoms with Gasteiger partial charge in [-0.1, -0.05) is 6.07 Å². The van der Waals surface area contributed by atoms with Crippen molar-refractivity contribution in [3.63, 3.8) is 0 Å². The van der Waals surface area contributed by atoms with E-state index in [1.54, 1.807) is 0 Å². The Morgan fingerprint density at radius 2 is 2.06 bits per heavy atom. The highest BCUT2D eigenvalue weighted by Gasteiger charge is 2.30.